The van der Waals surface area contributed by atoms with Crippen molar-refractivity contribution >= 4 is 29.8 Å². The number of amides is 4. The topological polar surface area (TPSA) is 157 Å². The number of esters is 1. The second kappa shape index (κ2) is 16.4. The average Bonchev–Trinajstić information content (AvgIpc) is 2.92. The first-order valence-corrected chi connectivity index (χ1v) is 16.0. The van der Waals surface area contributed by atoms with Gasteiger partial charge in [0.1, 0.15) is 29.3 Å². The minimum absolute atomic E-state index is 0.142. The maximum atomic E-state index is 14.5. The van der Waals surface area contributed by atoms with E-state index in [1.165, 1.54) is 4.90 Å². The van der Waals surface area contributed by atoms with Crippen LogP contribution in [0.15, 0.2) is 48.5 Å². The summed E-state index contributed by atoms with van der Waals surface area (Å²) in [4.78, 5) is 68.8. The van der Waals surface area contributed by atoms with E-state index in [-0.39, 0.29) is 6.42 Å². The fraction of sp³-hybridized carbons (Fsp3) is 0.528. The van der Waals surface area contributed by atoms with E-state index in [1.54, 1.807) is 60.6 Å². The van der Waals surface area contributed by atoms with Gasteiger partial charge in [-0.1, -0.05) is 66.6 Å². The molecule has 0 aromatic heterocycles. The van der Waals surface area contributed by atoms with E-state index >= 15 is 0 Å². The van der Waals surface area contributed by atoms with Crippen LogP contribution in [0.3, 0.4) is 0 Å². The number of nitrogens with two attached hydrogens (primary N) is 1. The predicted molar refractivity (Wildman–Crippen MR) is 180 cm³/mol. The Labute approximate surface area is 278 Å². The summed E-state index contributed by atoms with van der Waals surface area (Å²) in [6.45, 7) is 17.6. The molecular weight excluding hydrogens is 600 g/mol. The first-order valence-electron chi connectivity index (χ1n) is 16.0. The molecule has 258 valence electrons. The molecule has 0 spiro atoms. The molecule has 2 aromatic rings. The van der Waals surface area contributed by atoms with Gasteiger partial charge in [0.05, 0.1) is 6.42 Å². The van der Waals surface area contributed by atoms with Crippen LogP contribution in [0.2, 0.25) is 0 Å². The van der Waals surface area contributed by atoms with Crippen LogP contribution in [-0.4, -0.2) is 64.0 Å². The Morgan fingerprint density at radius 3 is 1.87 bits per heavy atom. The highest BCUT2D eigenvalue weighted by Gasteiger charge is 2.40. The molecule has 0 bridgehead atoms. The number of benzene rings is 2. The zero-order valence-corrected chi connectivity index (χ0v) is 29.4. The third kappa shape index (κ3) is 12.7. The van der Waals surface area contributed by atoms with E-state index in [0.717, 1.165) is 16.7 Å². The maximum Gasteiger partial charge on any atom is 0.408 e. The van der Waals surface area contributed by atoms with Crippen molar-refractivity contribution in [2.24, 2.45) is 5.73 Å². The smallest absolute Gasteiger partial charge is 0.408 e. The third-order valence-electron chi connectivity index (χ3n) is 7.09. The maximum absolute atomic E-state index is 14.5. The van der Waals surface area contributed by atoms with Gasteiger partial charge in [-0.15, -0.1) is 0 Å². The zero-order chi connectivity index (χ0) is 35.7. The van der Waals surface area contributed by atoms with Gasteiger partial charge in [0, 0.05) is 12.5 Å². The lowest BCUT2D eigenvalue weighted by Crippen LogP contribution is -2.57. The summed E-state index contributed by atoms with van der Waals surface area (Å²) in [5.41, 5.74) is 6.81. The predicted octanol–water partition coefficient (Wildman–Crippen LogP) is 4.81. The number of ether oxygens (including phenoxy) is 2. The molecular formula is C36H52N4O7. The van der Waals surface area contributed by atoms with Crippen LogP contribution < -0.4 is 16.4 Å². The average molecular weight is 653 g/mol. The van der Waals surface area contributed by atoms with E-state index in [9.17, 15) is 24.0 Å². The number of rotatable bonds is 13. The lowest BCUT2D eigenvalue weighted by molar-refractivity contribution is -0.159. The Kier molecular flexibility index (Phi) is 13.5. The van der Waals surface area contributed by atoms with Gasteiger partial charge < -0.3 is 30.7 Å². The summed E-state index contributed by atoms with van der Waals surface area (Å²) in [5, 5.41) is 5.37. The molecule has 2 aromatic carbocycles. The van der Waals surface area contributed by atoms with Gasteiger partial charge >= 0.3 is 12.1 Å². The Morgan fingerprint density at radius 2 is 1.38 bits per heavy atom. The molecule has 0 saturated carbocycles. The largest absolute Gasteiger partial charge is 0.458 e. The number of hydrogen-bond acceptors (Lipinski definition) is 7. The van der Waals surface area contributed by atoms with Gasteiger partial charge in [0.2, 0.25) is 17.7 Å². The highest BCUT2D eigenvalue weighted by atomic mass is 16.6. The number of carbonyl (C=O) groups is 5. The molecule has 0 saturated heterocycles. The quantitative estimate of drug-likeness (QED) is 0.262. The molecule has 4 atom stereocenters. The minimum Gasteiger partial charge on any atom is -0.458 e. The fourth-order valence-corrected chi connectivity index (χ4v) is 5.10. The molecule has 0 radical (unpaired) electrons. The SMILES string of the molecule is CCC(C)N(C(=O)C(CC(N)=O)NC(=O)OC(C)(C)C)C(C(=O)NC(Cc1ccccc1)C(=O)OC(C)(C)C)c1cc(C)cc(C)c1. The lowest BCUT2D eigenvalue weighted by atomic mass is 9.95. The van der Waals surface area contributed by atoms with Crippen LogP contribution >= 0.6 is 0 Å². The first-order chi connectivity index (χ1) is 21.7. The standard InChI is InChI=1S/C36H52N4O7/c1-11-24(4)40(32(43)27(21-29(37)41)39-34(45)47-36(8,9)10)30(26-18-22(2)17-23(3)19-26)31(42)38-28(33(44)46-35(5,6)7)20-25-15-13-12-14-16-25/h12-19,24,27-28,30H,11,20-21H2,1-10H3,(H2,37,41)(H,38,42)(H,39,45). The molecule has 0 heterocycles. The summed E-state index contributed by atoms with van der Waals surface area (Å²) in [6, 6.07) is 10.4. The highest BCUT2D eigenvalue weighted by molar-refractivity contribution is 5.96. The lowest BCUT2D eigenvalue weighted by Gasteiger charge is -2.39. The van der Waals surface area contributed by atoms with Crippen LogP contribution in [-0.2, 0) is 35.1 Å². The van der Waals surface area contributed by atoms with Crippen molar-refractivity contribution < 1.29 is 33.4 Å². The van der Waals surface area contributed by atoms with Crippen molar-refractivity contribution in [3.8, 4) is 0 Å². The Hall–Kier alpha value is -4.41. The molecule has 0 fully saturated rings. The van der Waals surface area contributed by atoms with Crippen LogP contribution in [0.25, 0.3) is 0 Å². The van der Waals surface area contributed by atoms with E-state index in [2.05, 4.69) is 10.6 Å². The van der Waals surface area contributed by atoms with Crippen LogP contribution in [0.5, 0.6) is 0 Å². The highest BCUT2D eigenvalue weighted by Crippen LogP contribution is 2.29. The molecule has 4 N–H and O–H groups in total. The number of hydrogen-bond donors (Lipinski definition) is 3. The van der Waals surface area contributed by atoms with E-state index in [1.807, 2.05) is 57.2 Å². The summed E-state index contributed by atoms with van der Waals surface area (Å²) in [5.74, 6) is -2.80. The van der Waals surface area contributed by atoms with E-state index in [0.29, 0.717) is 12.0 Å². The molecule has 4 amide bonds. The normalized spacial score (nSPS) is 14.2. The Morgan fingerprint density at radius 1 is 0.830 bits per heavy atom. The Bertz CT molecular complexity index is 1390. The number of nitrogens with zero attached hydrogens (tertiary/aromatic N) is 1. The summed E-state index contributed by atoms with van der Waals surface area (Å²) >= 11 is 0. The van der Waals surface area contributed by atoms with Crippen LogP contribution in [0.4, 0.5) is 4.79 Å². The Balaban J connectivity index is 2.69. The molecule has 11 heteroatoms. The second-order valence-corrected chi connectivity index (χ2v) is 14.0. The van der Waals surface area contributed by atoms with Gasteiger partial charge in [-0.3, -0.25) is 14.4 Å². The molecule has 11 nitrogen and oxygen atoms in total. The fourth-order valence-electron chi connectivity index (χ4n) is 5.10. The summed E-state index contributed by atoms with van der Waals surface area (Å²) < 4.78 is 11.1. The molecule has 0 aliphatic heterocycles. The third-order valence-corrected chi connectivity index (χ3v) is 7.09. The van der Waals surface area contributed by atoms with Crippen molar-refractivity contribution in [2.75, 3.05) is 0 Å². The number of carbonyl (C=O) groups excluding carboxylic acids is 5. The van der Waals surface area contributed by atoms with Crippen LogP contribution in [0, 0.1) is 13.8 Å². The second-order valence-electron chi connectivity index (χ2n) is 14.0. The number of aryl methyl sites for hydroxylation is 2. The van der Waals surface area contributed by atoms with E-state index < -0.39 is 71.6 Å². The first kappa shape index (κ1) is 38.8. The molecule has 2 rings (SSSR count). The van der Waals surface area contributed by atoms with Crippen molar-refractivity contribution in [2.45, 2.75) is 124 Å². The number of nitrogens with one attached hydrogen (secondary N) is 2. The summed E-state index contributed by atoms with van der Waals surface area (Å²) in [6.07, 6.45) is -0.875. The minimum atomic E-state index is -1.43. The van der Waals surface area contributed by atoms with Crippen LogP contribution in [0.1, 0.15) is 96.5 Å². The van der Waals surface area contributed by atoms with E-state index in [4.69, 9.17) is 15.2 Å². The van der Waals surface area contributed by atoms with Crippen molar-refractivity contribution in [3.05, 3.63) is 70.8 Å². The van der Waals surface area contributed by atoms with Gasteiger partial charge in [-0.2, -0.15) is 0 Å². The van der Waals surface area contributed by atoms with Gasteiger partial charge in [-0.05, 0) is 79.9 Å². The number of alkyl carbamates (subject to hydrolysis) is 1. The van der Waals surface area contributed by atoms with Gasteiger partial charge in [-0.25, -0.2) is 9.59 Å². The molecule has 0 aliphatic rings. The van der Waals surface area contributed by atoms with Gasteiger partial charge in [0.15, 0.2) is 0 Å². The van der Waals surface area contributed by atoms with Crippen molar-refractivity contribution in [1.82, 2.24) is 15.5 Å². The number of primary amides is 1. The summed E-state index contributed by atoms with van der Waals surface area (Å²) in [7, 11) is 0. The molecule has 47 heavy (non-hydrogen) atoms. The zero-order valence-electron chi connectivity index (χ0n) is 29.4. The molecule has 4 unspecified atom stereocenters. The monoisotopic (exact) mass is 652 g/mol. The van der Waals surface area contributed by atoms with Crippen molar-refractivity contribution in [1.29, 1.82) is 0 Å². The van der Waals surface area contributed by atoms with Crippen molar-refractivity contribution in [3.63, 3.8) is 0 Å². The van der Waals surface area contributed by atoms with Gasteiger partial charge in [0.25, 0.3) is 0 Å². The molecule has 0 aliphatic carbocycles.